The fourth-order valence-corrected chi connectivity index (χ4v) is 3.24. The van der Waals surface area contributed by atoms with E-state index in [0.29, 0.717) is 12.3 Å². The molecule has 1 aliphatic rings. The second-order valence-electron chi connectivity index (χ2n) is 6.93. The van der Waals surface area contributed by atoms with Crippen molar-refractivity contribution >= 4 is 27.5 Å². The van der Waals surface area contributed by atoms with Crippen LogP contribution < -0.4 is 15.0 Å². The molecular formula is C21H26BrN3O2. The number of nitrogens with zero attached hydrogens (tertiary/aromatic N) is 2. The molecule has 3 rings (SSSR count). The van der Waals surface area contributed by atoms with Gasteiger partial charge in [0.25, 0.3) is 5.91 Å². The number of nitrogens with one attached hydrogen (secondary N) is 1. The molecule has 1 heterocycles. The highest BCUT2D eigenvalue weighted by Crippen LogP contribution is 2.21. The van der Waals surface area contributed by atoms with Crippen molar-refractivity contribution in [2.24, 2.45) is 0 Å². The van der Waals surface area contributed by atoms with Gasteiger partial charge >= 0.3 is 0 Å². The van der Waals surface area contributed by atoms with Gasteiger partial charge in [-0.3, -0.25) is 4.79 Å². The maximum atomic E-state index is 12.0. The van der Waals surface area contributed by atoms with Crippen molar-refractivity contribution in [2.75, 3.05) is 44.7 Å². The number of ether oxygens (including phenoxy) is 1. The quantitative estimate of drug-likeness (QED) is 0.762. The molecule has 0 bridgehead atoms. The average Bonchev–Trinajstić information content (AvgIpc) is 2.68. The fraction of sp³-hybridized carbons (Fsp3) is 0.381. The van der Waals surface area contributed by atoms with E-state index in [-0.39, 0.29) is 12.5 Å². The summed E-state index contributed by atoms with van der Waals surface area (Å²) in [4.78, 5) is 16.8. The number of carbonyl (C=O) groups is 1. The number of benzene rings is 2. The summed E-state index contributed by atoms with van der Waals surface area (Å²) in [6.07, 6.45) is 0. The highest BCUT2D eigenvalue weighted by molar-refractivity contribution is 9.10. The second-order valence-corrected chi connectivity index (χ2v) is 7.79. The lowest BCUT2D eigenvalue weighted by atomic mass is 10.2. The predicted octanol–water partition coefficient (Wildman–Crippen LogP) is 3.20. The zero-order valence-corrected chi connectivity index (χ0v) is 17.5. The van der Waals surface area contributed by atoms with Crippen molar-refractivity contribution in [1.82, 2.24) is 10.2 Å². The number of likely N-dealkylation sites (N-methyl/N-ethyl adjacent to an activating group) is 1. The number of hydrogen-bond donors (Lipinski definition) is 1. The molecule has 0 aromatic heterocycles. The summed E-state index contributed by atoms with van der Waals surface area (Å²) in [6.45, 7) is 6.80. The summed E-state index contributed by atoms with van der Waals surface area (Å²) in [5.41, 5.74) is 3.40. The molecule has 0 atom stereocenters. The van der Waals surface area contributed by atoms with Gasteiger partial charge in [-0.25, -0.2) is 0 Å². The fourth-order valence-electron chi connectivity index (χ4n) is 3.00. The summed E-state index contributed by atoms with van der Waals surface area (Å²) >= 11 is 3.45. The molecule has 2 aromatic rings. The lowest BCUT2D eigenvalue weighted by molar-refractivity contribution is -0.123. The van der Waals surface area contributed by atoms with Crippen LogP contribution in [0.4, 0.5) is 5.69 Å². The van der Waals surface area contributed by atoms with E-state index < -0.39 is 0 Å². The molecular weight excluding hydrogens is 406 g/mol. The molecule has 1 fully saturated rings. The molecule has 144 valence electrons. The van der Waals surface area contributed by atoms with Gasteiger partial charge in [-0.05, 0) is 55.4 Å². The summed E-state index contributed by atoms with van der Waals surface area (Å²) in [5.74, 6) is 0.570. The van der Waals surface area contributed by atoms with Crippen LogP contribution in [0.25, 0.3) is 0 Å². The van der Waals surface area contributed by atoms with Crippen LogP contribution in [0.15, 0.2) is 46.9 Å². The minimum absolute atomic E-state index is 0.0143. The van der Waals surface area contributed by atoms with E-state index in [0.717, 1.165) is 41.8 Å². The number of rotatable bonds is 6. The summed E-state index contributed by atoms with van der Waals surface area (Å²) < 4.78 is 6.58. The first-order valence-electron chi connectivity index (χ1n) is 9.19. The van der Waals surface area contributed by atoms with Crippen molar-refractivity contribution in [1.29, 1.82) is 0 Å². The third kappa shape index (κ3) is 5.71. The van der Waals surface area contributed by atoms with E-state index >= 15 is 0 Å². The monoisotopic (exact) mass is 431 g/mol. The van der Waals surface area contributed by atoms with Crippen LogP contribution in [0.2, 0.25) is 0 Å². The lowest BCUT2D eigenvalue weighted by Crippen LogP contribution is -2.44. The number of anilines is 1. The molecule has 1 aliphatic heterocycles. The Balaban J connectivity index is 1.43. The molecule has 0 unspecified atom stereocenters. The molecule has 0 aliphatic carbocycles. The van der Waals surface area contributed by atoms with Crippen LogP contribution >= 0.6 is 15.9 Å². The largest absolute Gasteiger partial charge is 0.484 e. The maximum Gasteiger partial charge on any atom is 0.258 e. The Labute approximate surface area is 169 Å². The van der Waals surface area contributed by atoms with E-state index in [2.05, 4.69) is 62.4 Å². The van der Waals surface area contributed by atoms with Crippen molar-refractivity contribution in [2.45, 2.75) is 13.5 Å². The second kappa shape index (κ2) is 9.24. The SMILES string of the molecule is Cc1cc(OCC(=O)NCc2ccc(N3CCN(C)CC3)cc2)ccc1Br. The number of piperazine rings is 1. The van der Waals surface area contributed by atoms with E-state index in [1.54, 1.807) is 0 Å². The Kier molecular flexibility index (Phi) is 6.74. The standard InChI is InChI=1S/C21H26BrN3O2/c1-16-13-19(7-8-20(16)22)27-15-21(26)23-14-17-3-5-18(6-4-17)25-11-9-24(2)10-12-25/h3-8,13H,9-12,14-15H2,1-2H3,(H,23,26). The van der Waals surface area contributed by atoms with E-state index in [9.17, 15) is 4.79 Å². The minimum Gasteiger partial charge on any atom is -0.484 e. The Morgan fingerprint density at radius 1 is 1.11 bits per heavy atom. The normalized spacial score (nSPS) is 14.9. The summed E-state index contributed by atoms with van der Waals surface area (Å²) in [5, 5.41) is 2.91. The minimum atomic E-state index is -0.126. The highest BCUT2D eigenvalue weighted by Gasteiger charge is 2.14. The molecule has 0 spiro atoms. The number of halogens is 1. The van der Waals surface area contributed by atoms with E-state index in [4.69, 9.17) is 4.74 Å². The van der Waals surface area contributed by atoms with Crippen molar-refractivity contribution < 1.29 is 9.53 Å². The molecule has 0 radical (unpaired) electrons. The van der Waals surface area contributed by atoms with Crippen LogP contribution in [-0.4, -0.2) is 50.6 Å². The first kappa shape index (κ1) is 19.7. The van der Waals surface area contributed by atoms with Gasteiger partial charge in [-0.1, -0.05) is 28.1 Å². The first-order chi connectivity index (χ1) is 13.0. The summed E-state index contributed by atoms with van der Waals surface area (Å²) in [6, 6.07) is 14.1. The number of carbonyl (C=O) groups excluding carboxylic acids is 1. The van der Waals surface area contributed by atoms with Crippen molar-refractivity contribution in [3.63, 3.8) is 0 Å². The van der Waals surface area contributed by atoms with Gasteiger partial charge < -0.3 is 19.9 Å². The van der Waals surface area contributed by atoms with Crippen LogP contribution in [0.3, 0.4) is 0 Å². The molecule has 27 heavy (non-hydrogen) atoms. The molecule has 0 saturated carbocycles. The van der Waals surface area contributed by atoms with Gasteiger partial charge in [0.15, 0.2) is 6.61 Å². The van der Waals surface area contributed by atoms with Crippen LogP contribution in [0.1, 0.15) is 11.1 Å². The number of hydrogen-bond acceptors (Lipinski definition) is 4. The van der Waals surface area contributed by atoms with Gasteiger partial charge in [-0.15, -0.1) is 0 Å². The van der Waals surface area contributed by atoms with Gasteiger partial charge in [-0.2, -0.15) is 0 Å². The molecule has 1 N–H and O–H groups in total. The Hall–Kier alpha value is -2.05. The molecule has 1 amide bonds. The van der Waals surface area contributed by atoms with E-state index in [1.165, 1.54) is 5.69 Å². The molecule has 1 saturated heterocycles. The van der Waals surface area contributed by atoms with Crippen LogP contribution in [-0.2, 0) is 11.3 Å². The van der Waals surface area contributed by atoms with Gasteiger partial charge in [0.1, 0.15) is 5.75 Å². The molecule has 2 aromatic carbocycles. The lowest BCUT2D eigenvalue weighted by Gasteiger charge is -2.34. The van der Waals surface area contributed by atoms with Gasteiger partial charge in [0, 0.05) is 42.9 Å². The number of amides is 1. The Morgan fingerprint density at radius 3 is 2.48 bits per heavy atom. The Morgan fingerprint density at radius 2 is 1.81 bits per heavy atom. The van der Waals surface area contributed by atoms with Gasteiger partial charge in [0.05, 0.1) is 0 Å². The smallest absolute Gasteiger partial charge is 0.258 e. The topological polar surface area (TPSA) is 44.8 Å². The van der Waals surface area contributed by atoms with Crippen molar-refractivity contribution in [3.8, 4) is 5.75 Å². The third-order valence-corrected chi connectivity index (χ3v) is 5.68. The van der Waals surface area contributed by atoms with Crippen LogP contribution in [0.5, 0.6) is 5.75 Å². The molecule has 5 nitrogen and oxygen atoms in total. The third-order valence-electron chi connectivity index (χ3n) is 4.79. The highest BCUT2D eigenvalue weighted by atomic mass is 79.9. The zero-order valence-electron chi connectivity index (χ0n) is 15.9. The summed E-state index contributed by atoms with van der Waals surface area (Å²) in [7, 11) is 2.16. The Bertz CT molecular complexity index is 771. The predicted molar refractivity (Wildman–Crippen MR) is 112 cm³/mol. The number of aryl methyl sites for hydroxylation is 1. The van der Waals surface area contributed by atoms with Gasteiger partial charge in [0.2, 0.25) is 0 Å². The van der Waals surface area contributed by atoms with Crippen molar-refractivity contribution in [3.05, 3.63) is 58.1 Å². The average molecular weight is 432 g/mol. The first-order valence-corrected chi connectivity index (χ1v) is 9.98. The van der Waals surface area contributed by atoms with Crippen LogP contribution in [0, 0.1) is 6.92 Å². The zero-order chi connectivity index (χ0) is 19.2. The molecule has 6 heteroatoms. The maximum absolute atomic E-state index is 12.0. The van der Waals surface area contributed by atoms with E-state index in [1.807, 2.05) is 25.1 Å².